The first-order valence-electron chi connectivity index (χ1n) is 6.35. The van der Waals surface area contributed by atoms with Crippen molar-refractivity contribution >= 4 is 31.9 Å². The number of ether oxygens (including phenoxy) is 1. The van der Waals surface area contributed by atoms with Gasteiger partial charge in [0.1, 0.15) is 11.6 Å². The minimum absolute atomic E-state index is 0.222. The van der Waals surface area contributed by atoms with Gasteiger partial charge in [-0.3, -0.25) is 0 Å². The minimum Gasteiger partial charge on any atom is -0.494 e. The maximum Gasteiger partial charge on any atom is 0.127 e. The summed E-state index contributed by atoms with van der Waals surface area (Å²) >= 11 is 7.04. The van der Waals surface area contributed by atoms with E-state index in [4.69, 9.17) is 4.74 Å². The molecule has 1 nitrogen and oxygen atoms in total. The van der Waals surface area contributed by atoms with Crippen molar-refractivity contribution in [3.63, 3.8) is 0 Å². The Morgan fingerprint density at radius 2 is 1.90 bits per heavy atom. The summed E-state index contributed by atoms with van der Waals surface area (Å²) in [4.78, 5) is -0.249. The summed E-state index contributed by atoms with van der Waals surface area (Å²) in [6.45, 7) is 4.46. The molecule has 0 saturated heterocycles. The van der Waals surface area contributed by atoms with Gasteiger partial charge in [0.15, 0.2) is 0 Å². The Bertz CT molecular complexity index is 613. The van der Waals surface area contributed by atoms with Crippen LogP contribution in [0.2, 0.25) is 0 Å². The molecular formula is C16H15Br2FO. The van der Waals surface area contributed by atoms with Crippen molar-refractivity contribution in [3.05, 3.63) is 63.4 Å². The first-order valence-corrected chi connectivity index (χ1v) is 8.06. The van der Waals surface area contributed by atoms with E-state index in [-0.39, 0.29) is 10.6 Å². The van der Waals surface area contributed by atoms with Crippen LogP contribution in [0.3, 0.4) is 0 Å². The van der Waals surface area contributed by atoms with E-state index in [2.05, 4.69) is 31.9 Å². The molecule has 0 radical (unpaired) electrons. The van der Waals surface area contributed by atoms with E-state index >= 15 is 0 Å². The molecule has 0 heterocycles. The van der Waals surface area contributed by atoms with Crippen LogP contribution in [0.25, 0.3) is 0 Å². The first-order chi connectivity index (χ1) is 9.52. The van der Waals surface area contributed by atoms with Gasteiger partial charge in [0.05, 0.1) is 11.4 Å². The maximum absolute atomic E-state index is 14.0. The van der Waals surface area contributed by atoms with Crippen LogP contribution in [0.5, 0.6) is 5.75 Å². The van der Waals surface area contributed by atoms with Crippen LogP contribution < -0.4 is 4.74 Å². The molecular weight excluding hydrogens is 387 g/mol. The monoisotopic (exact) mass is 400 g/mol. The molecule has 20 heavy (non-hydrogen) atoms. The van der Waals surface area contributed by atoms with Gasteiger partial charge < -0.3 is 4.74 Å². The molecule has 106 valence electrons. The number of rotatable bonds is 4. The molecule has 0 spiro atoms. The highest BCUT2D eigenvalue weighted by Crippen LogP contribution is 2.39. The topological polar surface area (TPSA) is 9.23 Å². The quantitative estimate of drug-likeness (QED) is 0.590. The zero-order chi connectivity index (χ0) is 14.7. The molecule has 4 heteroatoms. The van der Waals surface area contributed by atoms with Crippen molar-refractivity contribution in [1.82, 2.24) is 0 Å². The zero-order valence-corrected chi connectivity index (χ0v) is 14.5. The van der Waals surface area contributed by atoms with E-state index in [1.165, 1.54) is 6.07 Å². The third kappa shape index (κ3) is 3.41. The van der Waals surface area contributed by atoms with Gasteiger partial charge in [-0.25, -0.2) is 4.39 Å². The lowest BCUT2D eigenvalue weighted by molar-refractivity contribution is 0.337. The standard InChI is InChI=1S/C16H15Br2FO/c1-3-20-15-7-5-11(17)9-13(15)16(18)12-8-10(2)4-6-14(12)19/h4-9,16H,3H2,1-2H3. The Balaban J connectivity index is 2.49. The van der Waals surface area contributed by atoms with Crippen LogP contribution in [0.15, 0.2) is 40.9 Å². The number of alkyl halides is 1. The molecule has 0 amide bonds. The number of halogens is 3. The third-order valence-electron chi connectivity index (χ3n) is 2.97. The number of hydrogen-bond donors (Lipinski definition) is 0. The van der Waals surface area contributed by atoms with Gasteiger partial charge >= 0.3 is 0 Å². The Labute approximate surface area is 135 Å². The van der Waals surface area contributed by atoms with Crippen LogP contribution in [0.4, 0.5) is 4.39 Å². The van der Waals surface area contributed by atoms with E-state index < -0.39 is 0 Å². The molecule has 1 unspecified atom stereocenters. The average molecular weight is 402 g/mol. The molecule has 0 aliphatic heterocycles. The zero-order valence-electron chi connectivity index (χ0n) is 11.3. The largest absolute Gasteiger partial charge is 0.494 e. The fourth-order valence-corrected chi connectivity index (χ4v) is 3.12. The summed E-state index contributed by atoms with van der Waals surface area (Å²) in [5.41, 5.74) is 2.55. The summed E-state index contributed by atoms with van der Waals surface area (Å²) in [6, 6.07) is 10.9. The second kappa shape index (κ2) is 6.72. The Hall–Kier alpha value is -0.870. The molecule has 0 aliphatic carbocycles. The first kappa shape index (κ1) is 15.5. The van der Waals surface area contributed by atoms with E-state index in [0.29, 0.717) is 12.2 Å². The fraction of sp³-hybridized carbons (Fsp3) is 0.250. The molecule has 0 fully saturated rings. The van der Waals surface area contributed by atoms with Crippen molar-refractivity contribution in [1.29, 1.82) is 0 Å². The molecule has 0 aliphatic rings. The lowest BCUT2D eigenvalue weighted by Crippen LogP contribution is -2.02. The molecule has 0 bridgehead atoms. The summed E-state index contributed by atoms with van der Waals surface area (Å²) in [7, 11) is 0. The van der Waals surface area contributed by atoms with Gasteiger partial charge in [0, 0.05) is 15.6 Å². The lowest BCUT2D eigenvalue weighted by Gasteiger charge is -2.17. The van der Waals surface area contributed by atoms with E-state index in [9.17, 15) is 4.39 Å². The predicted octanol–water partition coefficient (Wildman–Crippen LogP) is 5.78. The van der Waals surface area contributed by atoms with Crippen molar-refractivity contribution < 1.29 is 9.13 Å². The van der Waals surface area contributed by atoms with Crippen LogP contribution in [0.1, 0.15) is 28.4 Å². The van der Waals surface area contributed by atoms with Crippen molar-refractivity contribution in [2.75, 3.05) is 6.61 Å². The maximum atomic E-state index is 14.0. The van der Waals surface area contributed by atoms with Crippen molar-refractivity contribution in [2.24, 2.45) is 0 Å². The predicted molar refractivity (Wildman–Crippen MR) is 87.2 cm³/mol. The highest BCUT2D eigenvalue weighted by Gasteiger charge is 2.19. The van der Waals surface area contributed by atoms with Crippen LogP contribution in [-0.2, 0) is 0 Å². The molecule has 1 atom stereocenters. The summed E-state index contributed by atoms with van der Waals surface area (Å²) in [5, 5.41) is 0. The van der Waals surface area contributed by atoms with Gasteiger partial charge in [-0.2, -0.15) is 0 Å². The molecule has 0 aromatic heterocycles. The highest BCUT2D eigenvalue weighted by molar-refractivity contribution is 9.10. The van der Waals surface area contributed by atoms with Crippen LogP contribution in [-0.4, -0.2) is 6.61 Å². The average Bonchev–Trinajstić information content (AvgIpc) is 2.43. The minimum atomic E-state index is -0.249. The van der Waals surface area contributed by atoms with Crippen LogP contribution >= 0.6 is 31.9 Å². The van der Waals surface area contributed by atoms with Gasteiger partial charge in [0.2, 0.25) is 0 Å². The Kier molecular flexibility index (Phi) is 5.22. The lowest BCUT2D eigenvalue weighted by atomic mass is 10.0. The van der Waals surface area contributed by atoms with Crippen LogP contribution in [0, 0.1) is 12.7 Å². The van der Waals surface area contributed by atoms with E-state index in [0.717, 1.165) is 21.3 Å². The van der Waals surface area contributed by atoms with Gasteiger partial charge in [0.25, 0.3) is 0 Å². The Morgan fingerprint density at radius 3 is 2.60 bits per heavy atom. The molecule has 0 saturated carbocycles. The van der Waals surface area contributed by atoms with Crippen molar-refractivity contribution in [3.8, 4) is 5.75 Å². The second-order valence-electron chi connectivity index (χ2n) is 4.50. The Morgan fingerprint density at radius 1 is 1.15 bits per heavy atom. The summed E-state index contributed by atoms with van der Waals surface area (Å²) < 4.78 is 20.6. The van der Waals surface area contributed by atoms with E-state index in [1.54, 1.807) is 6.07 Å². The second-order valence-corrected chi connectivity index (χ2v) is 6.33. The normalized spacial score (nSPS) is 12.2. The molecule has 2 aromatic carbocycles. The SMILES string of the molecule is CCOc1ccc(Br)cc1C(Br)c1cc(C)ccc1F. The smallest absolute Gasteiger partial charge is 0.127 e. The molecule has 2 rings (SSSR count). The molecule has 2 aromatic rings. The molecule has 0 N–H and O–H groups in total. The number of hydrogen-bond acceptors (Lipinski definition) is 1. The van der Waals surface area contributed by atoms with E-state index in [1.807, 2.05) is 38.1 Å². The fourth-order valence-electron chi connectivity index (χ4n) is 2.03. The van der Waals surface area contributed by atoms with Gasteiger partial charge in [-0.05, 0) is 38.1 Å². The van der Waals surface area contributed by atoms with Gasteiger partial charge in [-0.1, -0.05) is 49.6 Å². The highest BCUT2D eigenvalue weighted by atomic mass is 79.9. The van der Waals surface area contributed by atoms with Gasteiger partial charge in [-0.15, -0.1) is 0 Å². The summed E-state index contributed by atoms with van der Waals surface area (Å²) in [5.74, 6) is 0.540. The summed E-state index contributed by atoms with van der Waals surface area (Å²) in [6.07, 6.45) is 0. The third-order valence-corrected chi connectivity index (χ3v) is 4.45. The van der Waals surface area contributed by atoms with Crippen molar-refractivity contribution in [2.45, 2.75) is 18.7 Å². The number of aryl methyl sites for hydroxylation is 1. The number of benzene rings is 2.